The van der Waals surface area contributed by atoms with E-state index >= 15 is 0 Å². The van der Waals surface area contributed by atoms with Gasteiger partial charge in [0.1, 0.15) is 11.3 Å². The first-order valence-electron chi connectivity index (χ1n) is 9.46. The summed E-state index contributed by atoms with van der Waals surface area (Å²) in [6, 6.07) is 8.81. The summed E-state index contributed by atoms with van der Waals surface area (Å²) in [5.74, 6) is 0.122. The van der Waals surface area contributed by atoms with Gasteiger partial charge in [-0.25, -0.2) is 0 Å². The molecule has 0 atom stereocenters. The molecule has 0 aliphatic carbocycles. The highest BCUT2D eigenvalue weighted by Gasteiger charge is 2.35. The van der Waals surface area contributed by atoms with Crippen LogP contribution in [0.1, 0.15) is 30.6 Å². The zero-order valence-corrected chi connectivity index (χ0v) is 17.5. The normalized spacial score (nSPS) is 19.1. The summed E-state index contributed by atoms with van der Waals surface area (Å²) in [6.45, 7) is 3.75. The summed E-state index contributed by atoms with van der Waals surface area (Å²) >= 11 is 11.4. The number of hydrogen-bond acceptors (Lipinski definition) is 5. The zero-order valence-electron chi connectivity index (χ0n) is 15.9. The molecule has 1 aromatic carbocycles. The Bertz CT molecular complexity index is 1020. The van der Waals surface area contributed by atoms with Crippen LogP contribution in [0.5, 0.6) is 0 Å². The molecule has 3 heterocycles. The van der Waals surface area contributed by atoms with Crippen LogP contribution in [-0.4, -0.2) is 30.0 Å². The van der Waals surface area contributed by atoms with Crippen molar-refractivity contribution in [2.75, 3.05) is 22.9 Å². The summed E-state index contributed by atoms with van der Waals surface area (Å²) in [6.07, 6.45) is 4.93. The van der Waals surface area contributed by atoms with Gasteiger partial charge in [-0.15, -0.1) is 0 Å². The van der Waals surface area contributed by atoms with Gasteiger partial charge in [0.05, 0.1) is 5.69 Å². The monoisotopic (exact) mass is 429 g/mol. The molecular formula is C21H20ClN3O3S. The molecule has 6 nitrogen and oxygen atoms in total. The van der Waals surface area contributed by atoms with E-state index in [1.807, 2.05) is 13.0 Å². The van der Waals surface area contributed by atoms with Crippen molar-refractivity contribution in [1.29, 1.82) is 0 Å². The number of furan rings is 1. The molecule has 2 amide bonds. The predicted molar refractivity (Wildman–Crippen MR) is 117 cm³/mol. The molecule has 4 rings (SSSR count). The highest BCUT2D eigenvalue weighted by atomic mass is 35.5. The predicted octanol–water partition coefficient (Wildman–Crippen LogP) is 4.06. The number of carbonyl (C=O) groups excluding carboxylic acids is 2. The lowest BCUT2D eigenvalue weighted by Gasteiger charge is -2.29. The van der Waals surface area contributed by atoms with E-state index < -0.39 is 11.8 Å². The van der Waals surface area contributed by atoms with Gasteiger partial charge >= 0.3 is 0 Å². The summed E-state index contributed by atoms with van der Waals surface area (Å²) in [4.78, 5) is 28.9. The molecule has 1 aromatic heterocycles. The van der Waals surface area contributed by atoms with Crippen molar-refractivity contribution in [3.05, 3.63) is 52.3 Å². The van der Waals surface area contributed by atoms with E-state index in [9.17, 15) is 9.59 Å². The largest absolute Gasteiger partial charge is 0.441 e. The van der Waals surface area contributed by atoms with Gasteiger partial charge in [-0.2, -0.15) is 0 Å². The minimum absolute atomic E-state index is 0.0190. The first kappa shape index (κ1) is 19.7. The van der Waals surface area contributed by atoms with Crippen LogP contribution in [0.25, 0.3) is 6.08 Å². The Kier molecular flexibility index (Phi) is 5.43. The highest BCUT2D eigenvalue weighted by Crippen LogP contribution is 2.28. The number of thiocarbonyl (C=S) groups is 1. The molecule has 150 valence electrons. The summed E-state index contributed by atoms with van der Waals surface area (Å²) in [5, 5.41) is 3.10. The number of nitrogens with zero attached hydrogens (tertiary/aromatic N) is 2. The van der Waals surface area contributed by atoms with Gasteiger partial charge in [0.2, 0.25) is 0 Å². The minimum Gasteiger partial charge on any atom is -0.441 e. The van der Waals surface area contributed by atoms with Crippen LogP contribution in [0.2, 0.25) is 5.02 Å². The third-order valence-electron chi connectivity index (χ3n) is 5.08. The lowest BCUT2D eigenvalue weighted by atomic mass is 10.1. The molecule has 0 saturated carbocycles. The first-order chi connectivity index (χ1) is 13.9. The van der Waals surface area contributed by atoms with E-state index in [0.29, 0.717) is 16.5 Å². The average molecular weight is 430 g/mol. The van der Waals surface area contributed by atoms with Crippen LogP contribution < -0.4 is 15.1 Å². The molecule has 2 saturated heterocycles. The van der Waals surface area contributed by atoms with E-state index in [4.69, 9.17) is 28.2 Å². The summed E-state index contributed by atoms with van der Waals surface area (Å²) < 4.78 is 5.87. The van der Waals surface area contributed by atoms with Crippen molar-refractivity contribution in [2.45, 2.75) is 26.2 Å². The number of carbonyl (C=O) groups is 2. The zero-order chi connectivity index (χ0) is 20.5. The average Bonchev–Trinajstić information content (AvgIpc) is 3.17. The van der Waals surface area contributed by atoms with Crippen molar-refractivity contribution in [3.8, 4) is 0 Å². The molecule has 0 bridgehead atoms. The molecule has 2 aliphatic rings. The second-order valence-corrected chi connectivity index (χ2v) is 7.91. The van der Waals surface area contributed by atoms with Gasteiger partial charge in [0.15, 0.2) is 11.0 Å². The number of anilines is 2. The van der Waals surface area contributed by atoms with Crippen molar-refractivity contribution in [1.82, 2.24) is 5.32 Å². The Morgan fingerprint density at radius 1 is 1.14 bits per heavy atom. The second kappa shape index (κ2) is 8.00. The number of benzene rings is 1. The van der Waals surface area contributed by atoms with Gasteiger partial charge in [0, 0.05) is 24.2 Å². The standard InChI is InChI=1S/C21H20ClN3O3S/c1-13-5-6-14(11-17(13)22)25-20(27)16(19(26)23-21(25)29)12-15-7-8-18(28-15)24-9-3-2-4-10-24/h5-8,11-12H,2-4,9-10H2,1H3,(H,23,26,29)/b16-12+. The summed E-state index contributed by atoms with van der Waals surface area (Å²) in [7, 11) is 0. The van der Waals surface area contributed by atoms with Gasteiger partial charge in [-0.05, 0) is 68.2 Å². The fraction of sp³-hybridized carbons (Fsp3) is 0.286. The van der Waals surface area contributed by atoms with Gasteiger partial charge in [-0.3, -0.25) is 19.8 Å². The van der Waals surface area contributed by atoms with Crippen LogP contribution >= 0.6 is 23.8 Å². The van der Waals surface area contributed by atoms with E-state index in [2.05, 4.69) is 10.2 Å². The Morgan fingerprint density at radius 3 is 2.62 bits per heavy atom. The van der Waals surface area contributed by atoms with E-state index in [-0.39, 0.29) is 10.7 Å². The number of aryl methyl sites for hydroxylation is 1. The molecule has 0 radical (unpaired) electrons. The van der Waals surface area contributed by atoms with Crippen LogP contribution in [0.3, 0.4) is 0 Å². The molecule has 2 aliphatic heterocycles. The van der Waals surface area contributed by atoms with Crippen LogP contribution in [0.4, 0.5) is 11.6 Å². The third-order valence-corrected chi connectivity index (χ3v) is 5.77. The lowest BCUT2D eigenvalue weighted by Crippen LogP contribution is -2.54. The molecule has 2 aromatic rings. The van der Waals surface area contributed by atoms with Crippen molar-refractivity contribution < 1.29 is 14.0 Å². The van der Waals surface area contributed by atoms with Crippen LogP contribution in [0, 0.1) is 6.92 Å². The molecule has 8 heteroatoms. The molecule has 29 heavy (non-hydrogen) atoms. The highest BCUT2D eigenvalue weighted by molar-refractivity contribution is 7.80. The molecule has 2 fully saturated rings. The van der Waals surface area contributed by atoms with Gasteiger partial charge < -0.3 is 9.32 Å². The second-order valence-electron chi connectivity index (χ2n) is 7.12. The Morgan fingerprint density at radius 2 is 1.90 bits per heavy atom. The van der Waals surface area contributed by atoms with Crippen molar-refractivity contribution in [2.24, 2.45) is 0 Å². The maximum atomic E-state index is 13.1. The number of amides is 2. The van der Waals surface area contributed by atoms with Gasteiger partial charge in [0.25, 0.3) is 11.8 Å². The third kappa shape index (κ3) is 3.93. The molecule has 0 spiro atoms. The van der Waals surface area contributed by atoms with E-state index in [0.717, 1.165) is 37.4 Å². The van der Waals surface area contributed by atoms with E-state index in [1.54, 1.807) is 24.3 Å². The quantitative estimate of drug-likeness (QED) is 0.452. The smallest absolute Gasteiger partial charge is 0.270 e. The number of halogens is 1. The minimum atomic E-state index is -0.551. The first-order valence-corrected chi connectivity index (χ1v) is 10.2. The van der Waals surface area contributed by atoms with Crippen LogP contribution in [0.15, 0.2) is 40.3 Å². The fourth-order valence-electron chi connectivity index (χ4n) is 3.46. The maximum Gasteiger partial charge on any atom is 0.270 e. The SMILES string of the molecule is Cc1ccc(N2C(=O)/C(=C/c3ccc(N4CCCCC4)o3)C(=O)NC2=S)cc1Cl. The fourth-order valence-corrected chi connectivity index (χ4v) is 3.91. The van der Waals surface area contributed by atoms with Crippen molar-refractivity contribution >= 4 is 58.4 Å². The summed E-state index contributed by atoms with van der Waals surface area (Å²) in [5.41, 5.74) is 1.33. The van der Waals surface area contributed by atoms with Crippen molar-refractivity contribution in [3.63, 3.8) is 0 Å². The molecule has 0 unspecified atom stereocenters. The van der Waals surface area contributed by atoms with Crippen LogP contribution in [-0.2, 0) is 9.59 Å². The molecule has 1 N–H and O–H groups in total. The van der Waals surface area contributed by atoms with E-state index in [1.165, 1.54) is 17.4 Å². The number of piperidine rings is 1. The Balaban J connectivity index is 1.63. The Hall–Kier alpha value is -2.64. The number of nitrogens with one attached hydrogen (secondary N) is 1. The maximum absolute atomic E-state index is 13.1. The topological polar surface area (TPSA) is 65.8 Å². The number of rotatable bonds is 3. The molecular weight excluding hydrogens is 410 g/mol. The Labute approximate surface area is 179 Å². The van der Waals surface area contributed by atoms with Gasteiger partial charge in [-0.1, -0.05) is 17.7 Å². The number of hydrogen-bond donors (Lipinski definition) is 1. The lowest BCUT2D eigenvalue weighted by molar-refractivity contribution is -0.122.